The maximum atomic E-state index is 9.54. The van der Waals surface area contributed by atoms with E-state index in [1.54, 1.807) is 0 Å². The van der Waals surface area contributed by atoms with E-state index in [1.807, 2.05) is 0 Å². The Morgan fingerprint density at radius 2 is 0.906 bits per heavy atom. The van der Waals surface area contributed by atoms with Crippen molar-refractivity contribution < 1.29 is 54.7 Å². The van der Waals surface area contributed by atoms with Crippen molar-refractivity contribution in [2.24, 2.45) is 5.41 Å². The predicted molar refractivity (Wildman–Crippen MR) is 121 cm³/mol. The molecule has 1 radical (unpaired) electrons. The van der Waals surface area contributed by atoms with Gasteiger partial charge in [0.25, 0.3) is 0 Å². The summed E-state index contributed by atoms with van der Waals surface area (Å²) in [7, 11) is -9.33. The fourth-order valence-corrected chi connectivity index (χ4v) is 2.11. The molecule has 193 valence electrons. The monoisotopic (exact) mass is 523 g/mol. The molecule has 0 atom stereocenters. The zero-order valence-electron chi connectivity index (χ0n) is 19.3. The van der Waals surface area contributed by atoms with Crippen LogP contribution in [-0.2, 0) is 30.3 Å². The Bertz CT molecular complexity index is 516. The first kappa shape index (κ1) is 39.8. The first-order valence-corrected chi connectivity index (χ1v) is 12.8. The molecule has 0 spiro atoms. The minimum absolute atomic E-state index is 0. The Morgan fingerprint density at radius 3 is 1.12 bits per heavy atom. The van der Waals surface area contributed by atoms with Crippen LogP contribution in [0.4, 0.5) is 0 Å². The molecule has 32 heavy (non-hydrogen) atoms. The van der Waals surface area contributed by atoms with Crippen LogP contribution in [0.1, 0.15) is 65.2 Å². The van der Waals surface area contributed by atoms with Crippen molar-refractivity contribution in [3.63, 3.8) is 0 Å². The van der Waals surface area contributed by atoms with E-state index in [9.17, 15) is 10.2 Å². The molecular weight excluding hydrogens is 483 g/mol. The fraction of sp³-hybridized carbons (Fsp3) is 1.00. The molecule has 0 aromatic heterocycles. The molecule has 6 N–H and O–H groups in total. The van der Waals surface area contributed by atoms with Crippen LogP contribution in [0.5, 0.6) is 0 Å². The molecule has 0 rings (SSSR count). The van der Waals surface area contributed by atoms with Gasteiger partial charge in [-0.25, -0.2) is 0 Å². The average molecular weight is 524 g/mol. The first-order valence-electron chi connectivity index (χ1n) is 10.0. The van der Waals surface area contributed by atoms with E-state index in [0.717, 1.165) is 12.8 Å². The van der Waals surface area contributed by atoms with Crippen molar-refractivity contribution in [1.82, 2.24) is 0 Å². The van der Waals surface area contributed by atoms with Crippen LogP contribution in [0, 0.1) is 5.41 Å². The van der Waals surface area contributed by atoms with E-state index in [1.165, 1.54) is 38.5 Å². The largest absolute Gasteiger partial charge is 0.396 e. The number of ether oxygens (including phenoxy) is 2. The number of rotatable bonds is 16. The molecule has 0 heterocycles. The summed E-state index contributed by atoms with van der Waals surface area (Å²) < 4.78 is 74.4. The average Bonchev–Trinajstić information content (AvgIpc) is 2.63. The van der Waals surface area contributed by atoms with Crippen molar-refractivity contribution in [1.29, 1.82) is 0 Å². The van der Waals surface area contributed by atoms with Crippen molar-refractivity contribution in [3.05, 3.63) is 0 Å². The maximum Gasteiger partial charge on any atom is 0.394 e. The molecule has 0 aliphatic heterocycles. The maximum absolute atomic E-state index is 9.54. The number of aliphatic hydroxyl groups excluding tert-OH is 2. The van der Waals surface area contributed by atoms with Crippen LogP contribution < -0.4 is 0 Å². The van der Waals surface area contributed by atoms with Crippen LogP contribution in [0.2, 0.25) is 0 Å². The van der Waals surface area contributed by atoms with E-state index < -0.39 is 26.2 Å². The molecule has 0 bridgehead atoms. The Hall–Kier alpha value is 0.580. The van der Waals surface area contributed by atoms with Gasteiger partial charge in [0, 0.05) is 42.8 Å². The molecule has 0 aliphatic rings. The van der Waals surface area contributed by atoms with Gasteiger partial charge in [0.2, 0.25) is 0 Å². The smallest absolute Gasteiger partial charge is 0.394 e. The molecular formula is C17H40NaO12S2. The van der Waals surface area contributed by atoms with E-state index >= 15 is 0 Å². The van der Waals surface area contributed by atoms with Crippen molar-refractivity contribution in [2.45, 2.75) is 65.2 Å². The van der Waals surface area contributed by atoms with Crippen molar-refractivity contribution in [2.75, 3.05) is 39.6 Å². The molecule has 0 aromatic rings. The summed E-state index contributed by atoms with van der Waals surface area (Å²) in [5, 5.41) is 19.1. The second-order valence-electron chi connectivity index (χ2n) is 6.94. The third-order valence-electron chi connectivity index (χ3n) is 3.77. The molecule has 15 heteroatoms. The molecule has 0 amide bonds. The van der Waals surface area contributed by atoms with E-state index in [-0.39, 0.29) is 42.8 Å². The summed E-state index contributed by atoms with van der Waals surface area (Å²) in [5.74, 6) is 0. The number of hydrogen-bond donors (Lipinski definition) is 6. The molecule has 12 nitrogen and oxygen atoms in total. The first-order chi connectivity index (χ1) is 14.2. The molecule has 0 saturated carbocycles. The summed E-state index contributed by atoms with van der Waals surface area (Å²) in [5.41, 5.74) is -0.657. The summed E-state index contributed by atoms with van der Waals surface area (Å²) >= 11 is 0. The summed E-state index contributed by atoms with van der Waals surface area (Å²) in [6.07, 6.45) is 9.32. The zero-order chi connectivity index (χ0) is 24.8. The topological polar surface area (TPSA) is 208 Å². The van der Waals surface area contributed by atoms with Crippen molar-refractivity contribution >= 4 is 50.4 Å². The SMILES string of the molecule is CCCCCCOCC(CO)(CO)COCCCCCC.O=S(=O)(O)O.O=S(=O)(O)O.[Na]. The van der Waals surface area contributed by atoms with Gasteiger partial charge in [0.05, 0.1) is 31.8 Å². The Labute approximate surface area is 214 Å². The third-order valence-corrected chi connectivity index (χ3v) is 3.77. The summed E-state index contributed by atoms with van der Waals surface area (Å²) in [6, 6.07) is 0. The molecule has 0 fully saturated rings. The van der Waals surface area contributed by atoms with Gasteiger partial charge in [-0.1, -0.05) is 52.4 Å². The second kappa shape index (κ2) is 24.7. The Kier molecular flexibility index (Phi) is 30.7. The third kappa shape index (κ3) is 44.3. The van der Waals surface area contributed by atoms with Crippen LogP contribution in [-0.4, -0.2) is 114 Å². The van der Waals surface area contributed by atoms with Gasteiger partial charge in [-0.3, -0.25) is 18.2 Å². The van der Waals surface area contributed by atoms with Crippen LogP contribution in [0.15, 0.2) is 0 Å². The summed E-state index contributed by atoms with van der Waals surface area (Å²) in [4.78, 5) is 0. The van der Waals surface area contributed by atoms with Gasteiger partial charge >= 0.3 is 20.8 Å². The second-order valence-corrected chi connectivity index (χ2v) is 8.73. The minimum Gasteiger partial charge on any atom is -0.396 e. The van der Waals surface area contributed by atoms with Gasteiger partial charge in [-0.15, -0.1) is 0 Å². The normalized spacial score (nSPS) is 11.5. The van der Waals surface area contributed by atoms with Crippen LogP contribution in [0.25, 0.3) is 0 Å². The van der Waals surface area contributed by atoms with Crippen LogP contribution in [0.3, 0.4) is 0 Å². The number of unbranched alkanes of at least 4 members (excludes halogenated alkanes) is 6. The molecule has 0 saturated heterocycles. The molecule has 0 unspecified atom stereocenters. The van der Waals surface area contributed by atoms with Gasteiger partial charge in [0.15, 0.2) is 0 Å². The Balaban J connectivity index is -0.000000296. The summed E-state index contributed by atoms with van der Waals surface area (Å²) in [6.45, 7) is 6.27. The van der Waals surface area contributed by atoms with Gasteiger partial charge in [-0.2, -0.15) is 16.8 Å². The molecule has 0 aliphatic carbocycles. The van der Waals surface area contributed by atoms with E-state index in [0.29, 0.717) is 26.4 Å². The van der Waals surface area contributed by atoms with Crippen molar-refractivity contribution in [3.8, 4) is 0 Å². The predicted octanol–water partition coefficient (Wildman–Crippen LogP) is 1.46. The van der Waals surface area contributed by atoms with Gasteiger partial charge in [-0.05, 0) is 12.8 Å². The Morgan fingerprint density at radius 1 is 0.625 bits per heavy atom. The van der Waals surface area contributed by atoms with Crippen LogP contribution >= 0.6 is 0 Å². The minimum atomic E-state index is -4.67. The molecule has 0 aromatic carbocycles. The number of aliphatic hydroxyl groups is 2. The van der Waals surface area contributed by atoms with Gasteiger partial charge < -0.3 is 19.7 Å². The van der Waals surface area contributed by atoms with Gasteiger partial charge in [0.1, 0.15) is 0 Å². The number of hydrogen-bond acceptors (Lipinski definition) is 8. The quantitative estimate of drug-likeness (QED) is 0.0965. The standard InChI is InChI=1S/C17H36O4.Na.2H2O4S/c1-3-5-7-9-11-20-15-17(13-18,14-19)16-21-12-10-8-6-4-2;;2*1-5(2,3)4/h18-19H,3-16H2,1-2H3;;2*(H2,1,2,3,4). The van der Waals surface area contributed by atoms with E-state index in [2.05, 4.69) is 13.8 Å². The zero-order valence-corrected chi connectivity index (χ0v) is 23.0. The fourth-order valence-electron chi connectivity index (χ4n) is 2.11. The van der Waals surface area contributed by atoms with E-state index in [4.69, 9.17) is 44.5 Å².